The number of halogens is 12. The number of hydrogen-bond donors (Lipinski definition) is 0. The first kappa shape index (κ1) is 26.4. The van der Waals surface area contributed by atoms with Gasteiger partial charge >= 0.3 is 6.18 Å². The molecule has 12 heteroatoms. The molecule has 0 aromatic heterocycles. The van der Waals surface area contributed by atoms with Crippen LogP contribution in [0.5, 0.6) is 0 Å². The van der Waals surface area contributed by atoms with Crippen molar-refractivity contribution >= 4 is 21.5 Å². The summed E-state index contributed by atoms with van der Waals surface area (Å²) in [6.07, 6.45) is -5.86. The van der Waals surface area contributed by atoms with Gasteiger partial charge in [0.25, 0.3) is 0 Å². The molecule has 200 valence electrons. The fraction of sp³-hybridized carbons (Fsp3) is 0.0370. The maximum absolute atomic E-state index is 15.1. The molecule has 5 aromatic rings. The minimum atomic E-state index is -5.86. The van der Waals surface area contributed by atoms with Crippen molar-refractivity contribution in [2.45, 2.75) is 6.18 Å². The SMILES string of the molecule is Fc1ccc(-c2c3cc(F)ccc3c(-c3c(F)c(F)c(C(F)(F)F)c(F)c3F)c3cc(F)c(F)cc23)c(F)c1. The molecule has 0 radical (unpaired) electrons. The van der Waals surface area contributed by atoms with Crippen molar-refractivity contribution in [1.29, 1.82) is 0 Å². The van der Waals surface area contributed by atoms with Crippen LogP contribution >= 0.6 is 0 Å². The van der Waals surface area contributed by atoms with Gasteiger partial charge in [0.05, 0.1) is 5.56 Å². The van der Waals surface area contributed by atoms with Crippen LogP contribution in [0.3, 0.4) is 0 Å². The van der Waals surface area contributed by atoms with Crippen LogP contribution in [0.2, 0.25) is 0 Å². The Balaban J connectivity index is 2.08. The molecule has 0 amide bonds. The van der Waals surface area contributed by atoms with E-state index < -0.39 is 108 Å². The smallest absolute Gasteiger partial charge is 0.207 e. The second kappa shape index (κ2) is 8.92. The molecule has 5 rings (SSSR count). The molecule has 0 saturated heterocycles. The van der Waals surface area contributed by atoms with Crippen molar-refractivity contribution in [3.05, 3.63) is 106 Å². The molecular weight excluding hydrogens is 552 g/mol. The van der Waals surface area contributed by atoms with Crippen LogP contribution < -0.4 is 0 Å². The van der Waals surface area contributed by atoms with Crippen LogP contribution in [0.1, 0.15) is 5.56 Å². The maximum Gasteiger partial charge on any atom is 0.422 e. The Labute approximate surface area is 209 Å². The Kier molecular flexibility index (Phi) is 6.04. The maximum atomic E-state index is 15.1. The van der Waals surface area contributed by atoms with E-state index in [1.165, 1.54) is 0 Å². The van der Waals surface area contributed by atoms with Crippen LogP contribution in [0, 0.1) is 52.4 Å². The monoisotopic (exact) mass is 560 g/mol. The van der Waals surface area contributed by atoms with Gasteiger partial charge in [0.15, 0.2) is 34.9 Å². The first-order chi connectivity index (χ1) is 18.2. The highest BCUT2D eigenvalue weighted by Gasteiger charge is 2.43. The molecule has 0 aliphatic rings. The molecule has 0 aliphatic heterocycles. The van der Waals surface area contributed by atoms with Gasteiger partial charge < -0.3 is 0 Å². The van der Waals surface area contributed by atoms with E-state index in [9.17, 15) is 43.9 Å². The minimum absolute atomic E-state index is 0.320. The van der Waals surface area contributed by atoms with Gasteiger partial charge in [0.1, 0.15) is 23.0 Å². The summed E-state index contributed by atoms with van der Waals surface area (Å²) in [7, 11) is 0. The van der Waals surface area contributed by atoms with E-state index in [2.05, 4.69) is 0 Å². The molecule has 5 aromatic carbocycles. The third-order valence-electron chi connectivity index (χ3n) is 6.12. The van der Waals surface area contributed by atoms with Crippen LogP contribution in [-0.2, 0) is 6.18 Å². The first-order valence-electron chi connectivity index (χ1n) is 10.6. The molecule has 0 saturated carbocycles. The van der Waals surface area contributed by atoms with E-state index in [-0.39, 0.29) is 0 Å². The van der Waals surface area contributed by atoms with Gasteiger partial charge in [0, 0.05) is 22.8 Å². The lowest BCUT2D eigenvalue weighted by atomic mass is 9.85. The topological polar surface area (TPSA) is 0 Å². The van der Waals surface area contributed by atoms with Gasteiger partial charge in [0.2, 0.25) is 0 Å². The van der Waals surface area contributed by atoms with E-state index in [1.54, 1.807) is 0 Å². The number of fused-ring (bicyclic) bond motifs is 2. The third kappa shape index (κ3) is 4.05. The summed E-state index contributed by atoms with van der Waals surface area (Å²) in [5, 5.41) is -2.34. The number of benzene rings is 5. The number of alkyl halides is 3. The van der Waals surface area contributed by atoms with Crippen molar-refractivity contribution < 1.29 is 52.7 Å². The zero-order chi connectivity index (χ0) is 28.5. The normalized spacial score (nSPS) is 12.1. The molecule has 39 heavy (non-hydrogen) atoms. The van der Waals surface area contributed by atoms with E-state index in [1.807, 2.05) is 0 Å². The van der Waals surface area contributed by atoms with Crippen molar-refractivity contribution in [2.75, 3.05) is 0 Å². The molecule has 0 atom stereocenters. The van der Waals surface area contributed by atoms with E-state index in [0.717, 1.165) is 18.2 Å². The standard InChI is InChI=1S/C27H8F12/c28-9-1-3-11-13(5-9)19(12-4-2-10(29)6-16(12)30)14-7-17(31)18(32)8-15(14)20(11)21-23(33)25(35)22(27(37,38)39)26(36)24(21)34/h1-8H. The summed E-state index contributed by atoms with van der Waals surface area (Å²) in [5.74, 6) is -17.3. The lowest BCUT2D eigenvalue weighted by Gasteiger charge is -2.20. The van der Waals surface area contributed by atoms with E-state index in [0.29, 0.717) is 30.3 Å². The summed E-state index contributed by atoms with van der Waals surface area (Å²) in [5.41, 5.74) is -6.54. The Hall–Kier alpha value is -4.22. The predicted octanol–water partition coefficient (Wildman–Crippen LogP) is 9.60. The molecular formula is C27H8F12. The van der Waals surface area contributed by atoms with Gasteiger partial charge in [-0.15, -0.1) is 0 Å². The largest absolute Gasteiger partial charge is 0.422 e. The fourth-order valence-electron chi connectivity index (χ4n) is 4.54. The fourth-order valence-corrected chi connectivity index (χ4v) is 4.54. The molecule has 0 spiro atoms. The highest BCUT2D eigenvalue weighted by Crippen LogP contribution is 2.48. The van der Waals surface area contributed by atoms with Gasteiger partial charge in [-0.3, -0.25) is 0 Å². The Morgan fingerprint density at radius 1 is 0.410 bits per heavy atom. The van der Waals surface area contributed by atoms with E-state index in [4.69, 9.17) is 0 Å². The molecule has 0 aliphatic carbocycles. The third-order valence-corrected chi connectivity index (χ3v) is 6.12. The van der Waals surface area contributed by atoms with Crippen LogP contribution in [0.4, 0.5) is 52.7 Å². The van der Waals surface area contributed by atoms with E-state index >= 15 is 8.78 Å². The van der Waals surface area contributed by atoms with Crippen LogP contribution in [0.15, 0.2) is 48.5 Å². The van der Waals surface area contributed by atoms with Crippen molar-refractivity contribution in [2.24, 2.45) is 0 Å². The lowest BCUT2D eigenvalue weighted by molar-refractivity contribution is -0.143. The Bertz CT molecular complexity index is 1810. The first-order valence-corrected chi connectivity index (χ1v) is 10.6. The minimum Gasteiger partial charge on any atom is -0.207 e. The summed E-state index contributed by atoms with van der Waals surface area (Å²) < 4.78 is 170. The second-order valence-corrected chi connectivity index (χ2v) is 8.38. The van der Waals surface area contributed by atoms with Gasteiger partial charge in [-0.05, 0) is 57.9 Å². The van der Waals surface area contributed by atoms with Gasteiger partial charge in [-0.2, -0.15) is 13.2 Å². The summed E-state index contributed by atoms with van der Waals surface area (Å²) in [4.78, 5) is 0. The summed E-state index contributed by atoms with van der Waals surface area (Å²) in [6.45, 7) is 0. The van der Waals surface area contributed by atoms with Gasteiger partial charge in [-0.1, -0.05) is 6.07 Å². The summed E-state index contributed by atoms with van der Waals surface area (Å²) in [6, 6.07) is 4.88. The molecule has 0 nitrogen and oxygen atoms in total. The van der Waals surface area contributed by atoms with Crippen LogP contribution in [0.25, 0.3) is 43.8 Å². The number of hydrogen-bond acceptors (Lipinski definition) is 0. The average Bonchev–Trinajstić information content (AvgIpc) is 2.83. The second-order valence-electron chi connectivity index (χ2n) is 8.38. The zero-order valence-corrected chi connectivity index (χ0v) is 18.7. The predicted molar refractivity (Wildman–Crippen MR) is 117 cm³/mol. The number of rotatable bonds is 2. The van der Waals surface area contributed by atoms with Crippen LogP contribution in [-0.4, -0.2) is 0 Å². The molecule has 0 unspecified atom stereocenters. The Morgan fingerprint density at radius 2 is 0.897 bits per heavy atom. The molecule has 0 bridgehead atoms. The molecule has 0 fully saturated rings. The van der Waals surface area contributed by atoms with Crippen molar-refractivity contribution in [1.82, 2.24) is 0 Å². The highest BCUT2D eigenvalue weighted by molar-refractivity contribution is 6.21. The molecule has 0 heterocycles. The quantitative estimate of drug-likeness (QED) is 0.115. The lowest BCUT2D eigenvalue weighted by Crippen LogP contribution is -2.16. The zero-order valence-electron chi connectivity index (χ0n) is 18.7. The summed E-state index contributed by atoms with van der Waals surface area (Å²) >= 11 is 0. The van der Waals surface area contributed by atoms with Crippen molar-refractivity contribution in [3.63, 3.8) is 0 Å². The van der Waals surface area contributed by atoms with Gasteiger partial charge in [-0.25, -0.2) is 39.5 Å². The molecule has 0 N–H and O–H groups in total. The Morgan fingerprint density at radius 3 is 1.44 bits per heavy atom. The highest BCUT2D eigenvalue weighted by atomic mass is 19.4. The van der Waals surface area contributed by atoms with Crippen molar-refractivity contribution in [3.8, 4) is 22.3 Å². The average molecular weight is 560 g/mol.